The average Bonchev–Trinajstić information content (AvgIpc) is 3.42. The number of nitrogens with zero attached hydrogens (tertiary/aromatic N) is 3. The molecule has 9 nitrogen and oxygen atoms in total. The topological polar surface area (TPSA) is 117 Å². The highest BCUT2D eigenvalue weighted by atomic mass is 127. The molecule has 6 rings (SSSR count). The van der Waals surface area contributed by atoms with Gasteiger partial charge in [-0.25, -0.2) is 9.59 Å². The molecule has 2 aliphatic heterocycles. The minimum absolute atomic E-state index is 0.0181. The van der Waals surface area contributed by atoms with Crippen molar-refractivity contribution in [3.05, 3.63) is 83.8 Å². The quantitative estimate of drug-likeness (QED) is 0.281. The van der Waals surface area contributed by atoms with Gasteiger partial charge in [-0.15, -0.1) is 0 Å². The Kier molecular flexibility index (Phi) is 5.39. The Bertz CT molecular complexity index is 1650. The molecular formula is C25H22IN5O4. The highest BCUT2D eigenvalue weighted by Crippen LogP contribution is 2.30. The number of carbonyl (C=O) groups excluding carboxylic acids is 1. The zero-order chi connectivity index (χ0) is 24.1. The van der Waals surface area contributed by atoms with E-state index in [-0.39, 0.29) is 38.2 Å². The summed E-state index contributed by atoms with van der Waals surface area (Å²) in [4.78, 5) is 49.6. The third-order valence-corrected chi connectivity index (χ3v) is 8.80. The minimum atomic E-state index is -0.547. The second kappa shape index (κ2) is 8.59. The molecule has 0 radical (unpaired) electrons. The molecule has 1 aromatic carbocycles. The number of hydrogen-bond acceptors (Lipinski definition) is 6. The van der Waals surface area contributed by atoms with Crippen LogP contribution in [0.2, 0.25) is 0 Å². The Morgan fingerprint density at radius 2 is 2.00 bits per heavy atom. The first kappa shape index (κ1) is 22.0. The monoisotopic (exact) mass is 583 g/mol. The number of aryl methyl sites for hydroxylation is 1. The second-order valence-electron chi connectivity index (χ2n) is 8.72. The number of allylic oxidation sites excluding steroid dienone is 1. The number of piperidine rings is 1. The molecule has 0 spiro atoms. The van der Waals surface area contributed by atoms with Gasteiger partial charge in [0, 0.05) is 36.6 Å². The summed E-state index contributed by atoms with van der Waals surface area (Å²) in [7, 11) is 0. The van der Waals surface area contributed by atoms with Crippen LogP contribution in [0.4, 0.5) is 5.69 Å². The van der Waals surface area contributed by atoms with Gasteiger partial charge < -0.3 is 14.3 Å². The number of carbonyl (C=O) groups is 1. The lowest BCUT2D eigenvalue weighted by Crippen LogP contribution is -2.37. The van der Waals surface area contributed by atoms with Crippen LogP contribution >= 0.6 is 20.7 Å². The normalized spacial score (nSPS) is 15.9. The number of aromatic amines is 2. The number of nitrogens with one attached hydrogen (secondary N) is 2. The van der Waals surface area contributed by atoms with Crippen LogP contribution in [0.3, 0.4) is 0 Å². The fourth-order valence-corrected chi connectivity index (χ4v) is 6.80. The Labute approximate surface area is 209 Å². The molecule has 4 aromatic rings. The van der Waals surface area contributed by atoms with Gasteiger partial charge in [0.15, 0.2) is 5.58 Å². The van der Waals surface area contributed by atoms with Crippen LogP contribution in [0.5, 0.6) is 0 Å². The molecule has 0 atom stereocenters. The predicted molar refractivity (Wildman–Crippen MR) is 143 cm³/mol. The summed E-state index contributed by atoms with van der Waals surface area (Å²) < 4.78 is 10.3. The molecule has 0 saturated carbocycles. The SMILES string of the molecule is Cc1cc(C(=O)c2cc(N3CCC(n4c5c([nH]c4=O)I=CC=C5)CC3)ccn2)cc2oc(=O)[nH]c12. The maximum absolute atomic E-state index is 13.2. The summed E-state index contributed by atoms with van der Waals surface area (Å²) in [6.45, 7) is 3.37. The molecule has 2 aliphatic rings. The third-order valence-electron chi connectivity index (χ3n) is 6.58. The van der Waals surface area contributed by atoms with E-state index in [0.717, 1.165) is 46.6 Å². The standard InChI is InChI=1S/C25H22IN5O4/c1-14-11-15(12-20-21(14)28-25(34)35-20)22(32)18-13-17(4-8-27-18)30-9-5-16(6-10-30)31-19-3-2-7-26-23(19)29-24(31)33/h2-4,7-8,11-13,16H,5-6,9-10H2,1H3,(H,28,34)(H,29,33). The first-order valence-corrected chi connectivity index (χ1v) is 13.7. The number of pyridine rings is 1. The van der Waals surface area contributed by atoms with Crippen LogP contribution < -0.4 is 16.3 Å². The Morgan fingerprint density at radius 3 is 2.83 bits per heavy atom. The van der Waals surface area contributed by atoms with Crippen LogP contribution in [0, 0.1) is 10.6 Å². The molecule has 0 amide bonds. The van der Waals surface area contributed by atoms with Crippen molar-refractivity contribution in [3.8, 4) is 0 Å². The van der Waals surface area contributed by atoms with Crippen LogP contribution in [-0.4, -0.2) is 42.4 Å². The fourth-order valence-electron chi connectivity index (χ4n) is 4.88. The van der Waals surface area contributed by atoms with Crippen molar-refractivity contribution in [2.24, 2.45) is 0 Å². The number of oxazole rings is 1. The van der Waals surface area contributed by atoms with E-state index in [1.807, 2.05) is 35.8 Å². The van der Waals surface area contributed by atoms with Gasteiger partial charge in [-0.1, -0.05) is 26.8 Å². The van der Waals surface area contributed by atoms with Gasteiger partial charge in [0.2, 0.25) is 5.78 Å². The number of imidazole rings is 1. The number of fused-ring (bicyclic) bond motifs is 2. The second-order valence-corrected chi connectivity index (χ2v) is 11.1. The molecule has 1 fully saturated rings. The number of hydrogen-bond donors (Lipinski definition) is 2. The largest absolute Gasteiger partial charge is 0.417 e. The lowest BCUT2D eigenvalue weighted by atomic mass is 10.0. The zero-order valence-electron chi connectivity index (χ0n) is 18.9. The van der Waals surface area contributed by atoms with Gasteiger partial charge in [0.1, 0.15) is 5.69 Å². The summed E-state index contributed by atoms with van der Waals surface area (Å²) in [5.74, 6) is -0.775. The maximum Gasteiger partial charge on any atom is 0.417 e. The van der Waals surface area contributed by atoms with Crippen LogP contribution in [0.1, 0.15) is 46.2 Å². The highest BCUT2D eigenvalue weighted by Gasteiger charge is 2.26. The first-order valence-electron chi connectivity index (χ1n) is 11.3. The number of rotatable bonds is 4. The number of halogens is 1. The van der Waals surface area contributed by atoms with Gasteiger partial charge in [0.25, 0.3) is 0 Å². The predicted octanol–water partition coefficient (Wildman–Crippen LogP) is 3.36. The van der Waals surface area contributed by atoms with E-state index in [9.17, 15) is 14.4 Å². The van der Waals surface area contributed by atoms with Crippen molar-refractivity contribution >= 4 is 53.4 Å². The van der Waals surface area contributed by atoms with E-state index < -0.39 is 5.76 Å². The lowest BCUT2D eigenvalue weighted by Gasteiger charge is -2.34. The fraction of sp³-hybridized carbons (Fsp3) is 0.240. The van der Waals surface area contributed by atoms with E-state index in [1.165, 1.54) is 0 Å². The van der Waals surface area contributed by atoms with Gasteiger partial charge in [-0.05, 0) is 59.7 Å². The molecule has 3 aromatic heterocycles. The van der Waals surface area contributed by atoms with Crippen molar-refractivity contribution in [2.45, 2.75) is 25.8 Å². The van der Waals surface area contributed by atoms with Crippen molar-refractivity contribution < 1.29 is 9.21 Å². The molecule has 1 saturated heterocycles. The van der Waals surface area contributed by atoms with Gasteiger partial charge in [-0.2, -0.15) is 0 Å². The summed E-state index contributed by atoms with van der Waals surface area (Å²) >= 11 is -0.271. The molecular weight excluding hydrogens is 561 g/mol. The van der Waals surface area contributed by atoms with Crippen molar-refractivity contribution in [1.29, 1.82) is 0 Å². The number of anilines is 1. The van der Waals surface area contributed by atoms with E-state index in [1.54, 1.807) is 18.3 Å². The van der Waals surface area contributed by atoms with E-state index >= 15 is 0 Å². The van der Waals surface area contributed by atoms with Crippen molar-refractivity contribution in [1.82, 2.24) is 19.5 Å². The van der Waals surface area contributed by atoms with Crippen molar-refractivity contribution in [2.75, 3.05) is 18.0 Å². The van der Waals surface area contributed by atoms with E-state index in [4.69, 9.17) is 4.42 Å². The molecule has 10 heteroatoms. The molecule has 0 bridgehead atoms. The summed E-state index contributed by atoms with van der Waals surface area (Å²) in [5, 5.41) is 0. The molecule has 178 valence electrons. The highest BCUT2D eigenvalue weighted by molar-refractivity contribution is 14.2. The van der Waals surface area contributed by atoms with Crippen LogP contribution in [0.15, 0.2) is 50.5 Å². The Morgan fingerprint density at radius 1 is 1.17 bits per heavy atom. The average molecular weight is 583 g/mol. The number of ketones is 1. The van der Waals surface area contributed by atoms with Crippen LogP contribution in [-0.2, 0) is 0 Å². The Hall–Kier alpha value is -3.54. The van der Waals surface area contributed by atoms with E-state index in [0.29, 0.717) is 22.4 Å². The third kappa shape index (κ3) is 3.91. The molecule has 0 unspecified atom stereocenters. The number of benzene rings is 1. The number of aromatic nitrogens is 4. The van der Waals surface area contributed by atoms with Gasteiger partial charge in [0.05, 0.1) is 14.9 Å². The summed E-state index contributed by atoms with van der Waals surface area (Å²) in [6.07, 6.45) is 7.41. The molecule has 5 heterocycles. The summed E-state index contributed by atoms with van der Waals surface area (Å²) in [5.41, 5.74) is 4.40. The minimum Gasteiger partial charge on any atom is -0.408 e. The smallest absolute Gasteiger partial charge is 0.408 e. The van der Waals surface area contributed by atoms with Crippen LogP contribution in [0.25, 0.3) is 17.2 Å². The molecule has 35 heavy (non-hydrogen) atoms. The van der Waals surface area contributed by atoms with Gasteiger partial charge in [-0.3, -0.25) is 19.3 Å². The van der Waals surface area contributed by atoms with Gasteiger partial charge >= 0.3 is 11.4 Å². The zero-order valence-corrected chi connectivity index (χ0v) is 21.0. The molecule has 0 aliphatic carbocycles. The Balaban J connectivity index is 1.22. The maximum atomic E-state index is 13.2. The van der Waals surface area contributed by atoms with E-state index in [2.05, 4.69) is 23.9 Å². The van der Waals surface area contributed by atoms with Crippen molar-refractivity contribution in [3.63, 3.8) is 0 Å². The molecule has 2 N–H and O–H groups in total. The first-order chi connectivity index (χ1) is 17.0. The summed E-state index contributed by atoms with van der Waals surface area (Å²) in [6, 6.07) is 7.18. The lowest BCUT2D eigenvalue weighted by molar-refractivity contribution is 0.103. The number of H-pyrrole nitrogens is 2.